The molecule has 0 unspecified atom stereocenters. The molecule has 0 fully saturated rings. The number of hydrogen-bond acceptors (Lipinski definition) is 2. The van der Waals surface area contributed by atoms with Gasteiger partial charge >= 0.3 is 0 Å². The van der Waals surface area contributed by atoms with Gasteiger partial charge in [0.25, 0.3) is 5.69 Å². The summed E-state index contributed by atoms with van der Waals surface area (Å²) < 4.78 is 0.514. The zero-order chi connectivity index (χ0) is 11.8. The minimum absolute atomic E-state index is 0.0995. The van der Waals surface area contributed by atoms with Gasteiger partial charge in [0.05, 0.1) is 9.40 Å². The lowest BCUT2D eigenvalue weighted by atomic mass is 10.3. The third-order valence-electron chi connectivity index (χ3n) is 1.72. The Bertz CT molecular complexity index is 419. The van der Waals surface area contributed by atoms with Gasteiger partial charge in [-0.2, -0.15) is 0 Å². The normalized spacial score (nSPS) is 8.81. The number of nitro benzene ring substituents is 1. The van der Waals surface area contributed by atoms with Crippen LogP contribution in [0.5, 0.6) is 0 Å². The van der Waals surface area contributed by atoms with Gasteiger partial charge in [-0.15, -0.1) is 0 Å². The molecule has 0 N–H and O–H groups in total. The largest absolute Gasteiger partial charge is 0.283 e. The van der Waals surface area contributed by atoms with E-state index in [2.05, 4.69) is 15.9 Å². The number of nitro groups is 1. The lowest BCUT2D eigenvalue weighted by Gasteiger charge is -1.91. The molecule has 82 valence electrons. The standard InChI is InChI=1S/C6H4BrNO2.C6H6/c7-5-3-1-2-4-6(5)8(9)10;1-2-4-6-5-3-1/h1-4H;1-6H. The van der Waals surface area contributed by atoms with Crippen molar-refractivity contribution in [2.45, 2.75) is 0 Å². The second-order valence-electron chi connectivity index (χ2n) is 2.86. The Morgan fingerprint density at radius 2 is 1.31 bits per heavy atom. The molecule has 0 atom stereocenters. The number of para-hydroxylation sites is 1. The number of halogens is 1. The summed E-state index contributed by atoms with van der Waals surface area (Å²) in [5.74, 6) is 0. The molecule has 16 heavy (non-hydrogen) atoms. The molecule has 2 aromatic rings. The van der Waals surface area contributed by atoms with E-state index in [1.807, 2.05) is 36.4 Å². The van der Waals surface area contributed by atoms with Crippen LogP contribution in [0.2, 0.25) is 0 Å². The minimum Gasteiger partial charge on any atom is -0.258 e. The third kappa shape index (κ3) is 4.23. The Kier molecular flexibility index (Phi) is 5.22. The molecule has 0 aliphatic heterocycles. The average molecular weight is 280 g/mol. The molecule has 0 heterocycles. The van der Waals surface area contributed by atoms with Crippen molar-refractivity contribution >= 4 is 21.6 Å². The minimum atomic E-state index is -0.427. The van der Waals surface area contributed by atoms with Crippen molar-refractivity contribution in [2.24, 2.45) is 0 Å². The summed E-state index contributed by atoms with van der Waals surface area (Å²) in [6.45, 7) is 0. The predicted octanol–water partition coefficient (Wildman–Crippen LogP) is 4.04. The Balaban J connectivity index is 0.000000181. The Morgan fingerprint density at radius 1 is 0.875 bits per heavy atom. The number of nitrogens with zero attached hydrogens (tertiary/aromatic N) is 1. The van der Waals surface area contributed by atoms with E-state index in [0.717, 1.165) is 0 Å². The van der Waals surface area contributed by atoms with Crippen molar-refractivity contribution in [2.75, 3.05) is 0 Å². The number of hydrogen-bond donors (Lipinski definition) is 0. The molecule has 0 aromatic heterocycles. The van der Waals surface area contributed by atoms with Gasteiger partial charge < -0.3 is 0 Å². The first-order valence-electron chi connectivity index (χ1n) is 4.61. The van der Waals surface area contributed by atoms with Crippen LogP contribution in [0.25, 0.3) is 0 Å². The molecule has 0 saturated heterocycles. The van der Waals surface area contributed by atoms with Crippen molar-refractivity contribution in [3.05, 3.63) is 75.3 Å². The van der Waals surface area contributed by atoms with Gasteiger partial charge in [-0.1, -0.05) is 48.5 Å². The first-order valence-corrected chi connectivity index (χ1v) is 5.40. The van der Waals surface area contributed by atoms with E-state index >= 15 is 0 Å². The van der Waals surface area contributed by atoms with Gasteiger partial charge in [0.1, 0.15) is 0 Å². The highest BCUT2D eigenvalue weighted by Crippen LogP contribution is 2.22. The molecule has 0 amide bonds. The lowest BCUT2D eigenvalue weighted by Crippen LogP contribution is -1.87. The second kappa shape index (κ2) is 6.74. The molecule has 2 aromatic carbocycles. The van der Waals surface area contributed by atoms with Crippen LogP contribution in [0.15, 0.2) is 65.1 Å². The van der Waals surface area contributed by atoms with Gasteiger partial charge in [0, 0.05) is 6.07 Å². The third-order valence-corrected chi connectivity index (χ3v) is 2.39. The molecule has 0 aliphatic rings. The zero-order valence-electron chi connectivity index (χ0n) is 8.42. The summed E-state index contributed by atoms with van der Waals surface area (Å²) >= 11 is 3.06. The Hall–Kier alpha value is -1.68. The van der Waals surface area contributed by atoms with E-state index in [-0.39, 0.29) is 5.69 Å². The van der Waals surface area contributed by atoms with Gasteiger partial charge in [-0.25, -0.2) is 0 Å². The first-order chi connectivity index (χ1) is 7.72. The lowest BCUT2D eigenvalue weighted by molar-refractivity contribution is -0.385. The summed E-state index contributed by atoms with van der Waals surface area (Å²) in [6, 6.07) is 18.4. The van der Waals surface area contributed by atoms with Crippen molar-refractivity contribution in [1.29, 1.82) is 0 Å². The molecule has 0 aliphatic carbocycles. The van der Waals surface area contributed by atoms with Crippen molar-refractivity contribution < 1.29 is 4.92 Å². The highest BCUT2D eigenvalue weighted by molar-refractivity contribution is 9.10. The molecule has 0 saturated carbocycles. The van der Waals surface area contributed by atoms with Gasteiger partial charge in [0.15, 0.2) is 0 Å². The van der Waals surface area contributed by atoms with Crippen LogP contribution in [0.3, 0.4) is 0 Å². The summed E-state index contributed by atoms with van der Waals surface area (Å²) in [7, 11) is 0. The maximum Gasteiger partial charge on any atom is 0.283 e. The molecule has 0 radical (unpaired) electrons. The monoisotopic (exact) mass is 279 g/mol. The van der Waals surface area contributed by atoms with Crippen LogP contribution >= 0.6 is 15.9 Å². The van der Waals surface area contributed by atoms with Crippen molar-refractivity contribution in [3.8, 4) is 0 Å². The van der Waals surface area contributed by atoms with E-state index in [1.54, 1.807) is 18.2 Å². The summed E-state index contributed by atoms with van der Waals surface area (Å²) in [5.41, 5.74) is 0.0995. The second-order valence-corrected chi connectivity index (χ2v) is 3.72. The SMILES string of the molecule is O=[N+]([O-])c1ccccc1Br.c1ccccc1. The fourth-order valence-electron chi connectivity index (χ4n) is 0.985. The van der Waals surface area contributed by atoms with Crippen molar-refractivity contribution in [1.82, 2.24) is 0 Å². The van der Waals surface area contributed by atoms with E-state index in [0.29, 0.717) is 4.47 Å². The topological polar surface area (TPSA) is 43.1 Å². The van der Waals surface area contributed by atoms with Crippen LogP contribution in [-0.2, 0) is 0 Å². The molecular formula is C12H10BrNO2. The molecular weight excluding hydrogens is 270 g/mol. The fourth-order valence-corrected chi connectivity index (χ4v) is 1.41. The maximum absolute atomic E-state index is 10.2. The Labute approximate surface area is 102 Å². The fraction of sp³-hybridized carbons (Fsp3) is 0. The molecule has 4 heteroatoms. The van der Waals surface area contributed by atoms with Crippen LogP contribution in [0.4, 0.5) is 5.69 Å². The summed E-state index contributed by atoms with van der Waals surface area (Å²) in [4.78, 5) is 9.77. The molecule has 2 rings (SSSR count). The molecule has 3 nitrogen and oxygen atoms in total. The van der Waals surface area contributed by atoms with Crippen LogP contribution in [0, 0.1) is 10.1 Å². The maximum atomic E-state index is 10.2. The zero-order valence-corrected chi connectivity index (χ0v) is 10.0. The van der Waals surface area contributed by atoms with Crippen molar-refractivity contribution in [3.63, 3.8) is 0 Å². The van der Waals surface area contributed by atoms with E-state index in [9.17, 15) is 10.1 Å². The highest BCUT2D eigenvalue weighted by Gasteiger charge is 2.07. The van der Waals surface area contributed by atoms with Crippen LogP contribution in [-0.4, -0.2) is 4.92 Å². The molecule has 0 spiro atoms. The smallest absolute Gasteiger partial charge is 0.258 e. The summed E-state index contributed by atoms with van der Waals surface area (Å²) in [5, 5.41) is 10.2. The number of rotatable bonds is 1. The molecule has 0 bridgehead atoms. The Morgan fingerprint density at radius 3 is 1.62 bits per heavy atom. The summed E-state index contributed by atoms with van der Waals surface area (Å²) in [6.07, 6.45) is 0. The van der Waals surface area contributed by atoms with E-state index in [4.69, 9.17) is 0 Å². The number of benzene rings is 2. The van der Waals surface area contributed by atoms with Gasteiger partial charge in [-0.3, -0.25) is 10.1 Å². The van der Waals surface area contributed by atoms with E-state index < -0.39 is 4.92 Å². The van der Waals surface area contributed by atoms with Crippen LogP contribution in [0.1, 0.15) is 0 Å². The van der Waals surface area contributed by atoms with E-state index in [1.165, 1.54) is 6.07 Å². The van der Waals surface area contributed by atoms with Crippen LogP contribution < -0.4 is 0 Å². The quantitative estimate of drug-likeness (QED) is 0.584. The van der Waals surface area contributed by atoms with Gasteiger partial charge in [-0.05, 0) is 22.0 Å². The predicted molar refractivity (Wildman–Crippen MR) is 67.2 cm³/mol. The van der Waals surface area contributed by atoms with Gasteiger partial charge in [0.2, 0.25) is 0 Å². The highest BCUT2D eigenvalue weighted by atomic mass is 79.9. The first kappa shape index (κ1) is 12.4. The average Bonchev–Trinajstić information content (AvgIpc) is 2.32.